The van der Waals surface area contributed by atoms with Crippen LogP contribution in [0.1, 0.15) is 41.5 Å². The Balaban J connectivity index is 1.62. The van der Waals surface area contributed by atoms with Gasteiger partial charge in [-0.3, -0.25) is 9.59 Å². The SMILES string of the molecule is CCCCn1nc(C(=O)N/N=C/c2c(C)nn(-c3cccc(Cl)c3)c2Cl)c2ccccc2c1=O. The summed E-state index contributed by atoms with van der Waals surface area (Å²) < 4.78 is 2.88. The van der Waals surface area contributed by atoms with E-state index in [9.17, 15) is 9.59 Å². The molecule has 10 heteroatoms. The monoisotopic (exact) mass is 496 g/mol. The van der Waals surface area contributed by atoms with Crippen molar-refractivity contribution in [3.8, 4) is 5.69 Å². The van der Waals surface area contributed by atoms with Gasteiger partial charge in [0.15, 0.2) is 5.69 Å². The predicted octanol–water partition coefficient (Wildman–Crippen LogP) is 4.76. The molecule has 0 saturated carbocycles. The van der Waals surface area contributed by atoms with Gasteiger partial charge in [0.2, 0.25) is 0 Å². The van der Waals surface area contributed by atoms with Crippen molar-refractivity contribution in [2.45, 2.75) is 33.2 Å². The highest BCUT2D eigenvalue weighted by Gasteiger charge is 2.17. The zero-order valence-electron chi connectivity index (χ0n) is 18.6. The lowest BCUT2D eigenvalue weighted by Gasteiger charge is -2.09. The molecule has 2 heterocycles. The minimum Gasteiger partial charge on any atom is -0.267 e. The Morgan fingerprint density at radius 1 is 1.12 bits per heavy atom. The number of benzene rings is 2. The summed E-state index contributed by atoms with van der Waals surface area (Å²) in [7, 11) is 0. The number of rotatable bonds is 7. The maximum atomic E-state index is 12.9. The Hall–Kier alpha value is -3.49. The van der Waals surface area contributed by atoms with E-state index >= 15 is 0 Å². The standard InChI is InChI=1S/C24H22Cl2N6O2/c1-3-4-12-31-24(34)19-11-6-5-10-18(19)21(30-31)23(33)28-27-14-20-15(2)29-32(22(20)26)17-9-7-8-16(25)13-17/h5-11,13-14H,3-4,12H2,1-2H3,(H,28,33)/b27-14+. The average molecular weight is 497 g/mol. The van der Waals surface area contributed by atoms with Crippen LogP contribution in [0, 0.1) is 6.92 Å². The van der Waals surface area contributed by atoms with Crippen LogP contribution >= 0.6 is 23.2 Å². The first-order valence-electron chi connectivity index (χ1n) is 10.7. The largest absolute Gasteiger partial charge is 0.292 e. The average Bonchev–Trinajstić information content (AvgIpc) is 3.12. The van der Waals surface area contributed by atoms with Crippen molar-refractivity contribution in [1.82, 2.24) is 25.0 Å². The molecule has 174 valence electrons. The molecule has 34 heavy (non-hydrogen) atoms. The number of fused-ring (bicyclic) bond motifs is 1. The number of carbonyl (C=O) groups excluding carboxylic acids is 1. The van der Waals surface area contributed by atoms with Gasteiger partial charge in [-0.2, -0.15) is 15.3 Å². The first kappa shape index (κ1) is 23.7. The Labute approximate surface area is 205 Å². The van der Waals surface area contributed by atoms with Crippen molar-refractivity contribution in [2.75, 3.05) is 0 Å². The highest BCUT2D eigenvalue weighted by atomic mass is 35.5. The summed E-state index contributed by atoms with van der Waals surface area (Å²) in [6, 6.07) is 14.0. The third-order valence-electron chi connectivity index (χ3n) is 5.27. The van der Waals surface area contributed by atoms with Crippen LogP contribution in [0.2, 0.25) is 10.2 Å². The number of amides is 1. The van der Waals surface area contributed by atoms with E-state index in [1.165, 1.54) is 10.9 Å². The van der Waals surface area contributed by atoms with Crippen LogP contribution in [-0.2, 0) is 6.54 Å². The molecule has 2 aromatic heterocycles. The molecule has 0 radical (unpaired) electrons. The van der Waals surface area contributed by atoms with Gasteiger partial charge in [-0.15, -0.1) is 0 Å². The summed E-state index contributed by atoms with van der Waals surface area (Å²) in [6.07, 6.45) is 3.10. The molecule has 0 spiro atoms. The Morgan fingerprint density at radius 3 is 2.62 bits per heavy atom. The van der Waals surface area contributed by atoms with Gasteiger partial charge in [0, 0.05) is 17.0 Å². The summed E-state index contributed by atoms with van der Waals surface area (Å²) in [6.45, 7) is 4.24. The van der Waals surface area contributed by atoms with Crippen molar-refractivity contribution < 1.29 is 4.79 Å². The molecule has 0 aliphatic carbocycles. The molecule has 0 unspecified atom stereocenters. The lowest BCUT2D eigenvalue weighted by atomic mass is 10.1. The number of unbranched alkanes of at least 4 members (excludes halogenated alkanes) is 1. The summed E-state index contributed by atoms with van der Waals surface area (Å²) in [5.74, 6) is -0.534. The molecule has 8 nitrogen and oxygen atoms in total. The van der Waals surface area contributed by atoms with Crippen molar-refractivity contribution in [2.24, 2.45) is 5.10 Å². The molecular formula is C24H22Cl2N6O2. The maximum Gasteiger partial charge on any atom is 0.292 e. The summed E-state index contributed by atoms with van der Waals surface area (Å²) in [5.41, 5.74) is 4.27. The molecular weight excluding hydrogens is 475 g/mol. The summed E-state index contributed by atoms with van der Waals surface area (Å²) in [5, 5.41) is 14.6. The highest BCUT2D eigenvalue weighted by molar-refractivity contribution is 6.32. The van der Waals surface area contributed by atoms with E-state index in [2.05, 4.69) is 20.7 Å². The van der Waals surface area contributed by atoms with Gasteiger partial charge in [0.25, 0.3) is 11.5 Å². The van der Waals surface area contributed by atoms with Crippen LogP contribution in [0.3, 0.4) is 0 Å². The fraction of sp³-hybridized carbons (Fsp3) is 0.208. The van der Waals surface area contributed by atoms with E-state index in [1.807, 2.05) is 13.0 Å². The van der Waals surface area contributed by atoms with Crippen LogP contribution in [-0.4, -0.2) is 31.7 Å². The van der Waals surface area contributed by atoms with E-state index < -0.39 is 5.91 Å². The van der Waals surface area contributed by atoms with Crippen LogP contribution in [0.4, 0.5) is 0 Å². The van der Waals surface area contributed by atoms with Gasteiger partial charge in [-0.25, -0.2) is 14.8 Å². The number of hydrogen-bond donors (Lipinski definition) is 1. The van der Waals surface area contributed by atoms with E-state index in [4.69, 9.17) is 23.2 Å². The van der Waals surface area contributed by atoms with E-state index in [-0.39, 0.29) is 11.3 Å². The normalized spacial score (nSPS) is 11.4. The van der Waals surface area contributed by atoms with Crippen LogP contribution in [0.25, 0.3) is 16.5 Å². The minimum atomic E-state index is -0.534. The second kappa shape index (κ2) is 10.2. The van der Waals surface area contributed by atoms with Gasteiger partial charge in [0.05, 0.1) is 28.5 Å². The van der Waals surface area contributed by atoms with Crippen LogP contribution < -0.4 is 11.0 Å². The van der Waals surface area contributed by atoms with E-state index in [1.54, 1.807) is 54.1 Å². The number of carbonyl (C=O) groups is 1. The molecule has 1 amide bonds. The molecule has 0 aliphatic heterocycles. The first-order chi connectivity index (χ1) is 16.4. The quantitative estimate of drug-likeness (QED) is 0.294. The molecule has 4 rings (SSSR count). The van der Waals surface area contributed by atoms with Crippen molar-refractivity contribution >= 4 is 46.1 Å². The highest BCUT2D eigenvalue weighted by Crippen LogP contribution is 2.23. The zero-order chi connectivity index (χ0) is 24.2. The number of hydrogen-bond acceptors (Lipinski definition) is 5. The smallest absolute Gasteiger partial charge is 0.267 e. The number of hydrazone groups is 1. The number of nitrogens with zero attached hydrogens (tertiary/aromatic N) is 5. The summed E-state index contributed by atoms with van der Waals surface area (Å²) >= 11 is 12.6. The molecule has 1 N–H and O–H groups in total. The van der Waals surface area contributed by atoms with E-state index in [0.29, 0.717) is 44.4 Å². The molecule has 2 aromatic carbocycles. The fourth-order valence-corrected chi connectivity index (χ4v) is 4.01. The van der Waals surface area contributed by atoms with Crippen molar-refractivity contribution in [1.29, 1.82) is 0 Å². The molecule has 0 fully saturated rings. The Morgan fingerprint density at radius 2 is 1.88 bits per heavy atom. The predicted molar refractivity (Wildman–Crippen MR) is 134 cm³/mol. The van der Waals surface area contributed by atoms with Gasteiger partial charge in [-0.05, 0) is 37.6 Å². The molecule has 0 atom stereocenters. The van der Waals surface area contributed by atoms with Crippen LogP contribution in [0.5, 0.6) is 0 Å². The molecule has 0 aliphatic rings. The van der Waals surface area contributed by atoms with Gasteiger partial charge in [0.1, 0.15) is 5.15 Å². The number of aromatic nitrogens is 4. The van der Waals surface area contributed by atoms with Gasteiger partial charge < -0.3 is 0 Å². The lowest BCUT2D eigenvalue weighted by molar-refractivity contribution is 0.0949. The third kappa shape index (κ3) is 4.73. The first-order valence-corrected chi connectivity index (χ1v) is 11.5. The zero-order valence-corrected chi connectivity index (χ0v) is 20.1. The molecule has 0 bridgehead atoms. The maximum absolute atomic E-state index is 12.9. The van der Waals surface area contributed by atoms with Gasteiger partial charge >= 0.3 is 0 Å². The number of aryl methyl sites for hydroxylation is 2. The van der Waals surface area contributed by atoms with Crippen LogP contribution in [0.15, 0.2) is 58.4 Å². The fourth-order valence-electron chi connectivity index (χ4n) is 3.51. The second-order valence-electron chi connectivity index (χ2n) is 7.66. The van der Waals surface area contributed by atoms with Gasteiger partial charge in [-0.1, -0.05) is 60.8 Å². The third-order valence-corrected chi connectivity index (χ3v) is 5.87. The lowest BCUT2D eigenvalue weighted by Crippen LogP contribution is -2.29. The minimum absolute atomic E-state index is 0.126. The molecule has 0 saturated heterocycles. The summed E-state index contributed by atoms with van der Waals surface area (Å²) in [4.78, 5) is 25.7. The van der Waals surface area contributed by atoms with E-state index in [0.717, 1.165) is 12.8 Å². The second-order valence-corrected chi connectivity index (χ2v) is 8.45. The Kier molecular flexibility index (Phi) is 7.09. The van der Waals surface area contributed by atoms with Crippen molar-refractivity contribution in [3.05, 3.63) is 86.0 Å². The molecule has 4 aromatic rings. The topological polar surface area (TPSA) is 94.2 Å². The van der Waals surface area contributed by atoms with Crippen molar-refractivity contribution in [3.63, 3.8) is 0 Å². The Bertz CT molecular complexity index is 1460. The number of nitrogens with one attached hydrogen (secondary N) is 1. The number of halogens is 2.